The highest BCUT2D eigenvalue weighted by Crippen LogP contribution is 2.32. The van der Waals surface area contributed by atoms with Gasteiger partial charge in [0.1, 0.15) is 5.82 Å². The van der Waals surface area contributed by atoms with Gasteiger partial charge in [-0.15, -0.1) is 0 Å². The van der Waals surface area contributed by atoms with E-state index in [0.717, 1.165) is 12.8 Å². The molecule has 3 rings (SSSR count). The smallest absolute Gasteiger partial charge is 0.315 e. The molecule has 3 N–H and O–H groups in total. The second-order valence-electron chi connectivity index (χ2n) is 6.96. The van der Waals surface area contributed by atoms with E-state index in [1.165, 1.54) is 31.4 Å². The lowest BCUT2D eigenvalue weighted by Crippen LogP contribution is -2.56. The molecule has 0 aromatic heterocycles. The number of carbonyl (C=O) groups excluding carboxylic acids is 1. The van der Waals surface area contributed by atoms with Gasteiger partial charge in [0.2, 0.25) is 0 Å². The van der Waals surface area contributed by atoms with Gasteiger partial charge in [0.15, 0.2) is 0 Å². The van der Waals surface area contributed by atoms with E-state index in [0.29, 0.717) is 12.1 Å². The summed E-state index contributed by atoms with van der Waals surface area (Å²) in [7, 11) is 2.18. The van der Waals surface area contributed by atoms with Crippen molar-refractivity contribution in [2.45, 2.75) is 56.3 Å². The van der Waals surface area contributed by atoms with Crippen LogP contribution in [0.3, 0.4) is 0 Å². The third-order valence-corrected chi connectivity index (χ3v) is 5.40. The first kappa shape index (κ1) is 17.2. The predicted octanol–water partition coefficient (Wildman–Crippen LogP) is 2.17. The molecule has 2 amide bonds. The summed E-state index contributed by atoms with van der Waals surface area (Å²) in [6.45, 7) is -0.00769. The number of piperidine rings is 2. The van der Waals surface area contributed by atoms with Crippen molar-refractivity contribution in [3.05, 3.63) is 35.6 Å². The summed E-state index contributed by atoms with van der Waals surface area (Å²) in [5, 5.41) is 15.7. The first-order chi connectivity index (χ1) is 11.5. The van der Waals surface area contributed by atoms with Gasteiger partial charge in [-0.25, -0.2) is 9.18 Å². The average Bonchev–Trinajstić information content (AvgIpc) is 2.54. The highest BCUT2D eigenvalue weighted by Gasteiger charge is 2.36. The predicted molar refractivity (Wildman–Crippen MR) is 90.1 cm³/mol. The first-order valence-corrected chi connectivity index (χ1v) is 8.73. The second-order valence-corrected chi connectivity index (χ2v) is 6.96. The van der Waals surface area contributed by atoms with Gasteiger partial charge in [0.05, 0.1) is 6.10 Å². The van der Waals surface area contributed by atoms with Crippen LogP contribution in [0.2, 0.25) is 0 Å². The fraction of sp³-hybridized carbons (Fsp3) is 0.611. The minimum absolute atomic E-state index is 0.00769. The van der Waals surface area contributed by atoms with Crippen LogP contribution >= 0.6 is 0 Å². The summed E-state index contributed by atoms with van der Waals surface area (Å²) in [4.78, 5) is 14.5. The summed E-state index contributed by atoms with van der Waals surface area (Å²) < 4.78 is 13.6. The minimum atomic E-state index is -1.05. The highest BCUT2D eigenvalue weighted by molar-refractivity contribution is 5.74. The van der Waals surface area contributed by atoms with Crippen molar-refractivity contribution in [2.75, 3.05) is 13.6 Å². The number of aliphatic hydroxyl groups is 1. The van der Waals surface area contributed by atoms with Crippen LogP contribution < -0.4 is 10.6 Å². The third-order valence-electron chi connectivity index (χ3n) is 5.40. The Bertz CT molecular complexity index is 569. The molecule has 0 saturated carbocycles. The number of fused-ring (bicyclic) bond motifs is 2. The van der Waals surface area contributed by atoms with E-state index in [4.69, 9.17) is 0 Å². The third kappa shape index (κ3) is 3.87. The number of urea groups is 1. The lowest BCUT2D eigenvalue weighted by Gasteiger charge is -2.47. The number of rotatable bonds is 4. The van der Waals surface area contributed by atoms with Crippen LogP contribution in [-0.4, -0.2) is 47.8 Å². The maximum Gasteiger partial charge on any atom is 0.315 e. The molecule has 3 atom stereocenters. The molecule has 6 heteroatoms. The number of amides is 2. The number of nitrogens with one attached hydrogen (secondary N) is 2. The summed E-state index contributed by atoms with van der Waals surface area (Å²) in [5.74, 6) is -0.463. The largest absolute Gasteiger partial charge is 0.386 e. The normalized spacial score (nSPS) is 28.2. The zero-order valence-electron chi connectivity index (χ0n) is 14.0. The number of nitrogens with zero attached hydrogens (tertiary/aromatic N) is 1. The lowest BCUT2D eigenvalue weighted by molar-refractivity contribution is 0.0507. The molecule has 2 fully saturated rings. The lowest BCUT2D eigenvalue weighted by atomic mass is 9.82. The molecule has 2 bridgehead atoms. The number of hydrogen-bond acceptors (Lipinski definition) is 3. The van der Waals surface area contributed by atoms with Gasteiger partial charge < -0.3 is 20.6 Å². The van der Waals surface area contributed by atoms with Crippen LogP contribution in [0.4, 0.5) is 9.18 Å². The Morgan fingerprint density at radius 1 is 1.33 bits per heavy atom. The molecule has 3 unspecified atom stereocenters. The molecule has 1 aromatic carbocycles. The molecular weight excluding hydrogens is 309 g/mol. The monoisotopic (exact) mass is 335 g/mol. The van der Waals surface area contributed by atoms with Gasteiger partial charge in [-0.2, -0.15) is 0 Å². The van der Waals surface area contributed by atoms with E-state index in [1.54, 1.807) is 12.1 Å². The summed E-state index contributed by atoms with van der Waals surface area (Å²) >= 11 is 0. The topological polar surface area (TPSA) is 64.6 Å². The Hall–Kier alpha value is -1.66. The number of aliphatic hydroxyl groups excluding tert-OH is 1. The quantitative estimate of drug-likeness (QED) is 0.790. The molecule has 0 aliphatic carbocycles. The Kier molecular flexibility index (Phi) is 5.36. The van der Waals surface area contributed by atoms with Gasteiger partial charge in [-0.3, -0.25) is 0 Å². The fourth-order valence-electron chi connectivity index (χ4n) is 4.01. The van der Waals surface area contributed by atoms with Crippen LogP contribution in [0.5, 0.6) is 0 Å². The van der Waals surface area contributed by atoms with Gasteiger partial charge in [0.25, 0.3) is 0 Å². The van der Waals surface area contributed by atoms with E-state index in [1.807, 2.05) is 0 Å². The van der Waals surface area contributed by atoms with Crippen molar-refractivity contribution in [3.8, 4) is 0 Å². The van der Waals surface area contributed by atoms with Crippen molar-refractivity contribution >= 4 is 6.03 Å². The molecule has 24 heavy (non-hydrogen) atoms. The zero-order valence-corrected chi connectivity index (χ0v) is 14.0. The van der Waals surface area contributed by atoms with Gasteiger partial charge in [-0.05, 0) is 38.8 Å². The molecule has 0 radical (unpaired) electrons. The Labute approximate surface area is 142 Å². The SMILES string of the molecule is CN1C2CCCC1CC(NC(=O)NCC(O)c1ccccc1F)C2. The first-order valence-electron chi connectivity index (χ1n) is 8.73. The van der Waals surface area contributed by atoms with Crippen LogP contribution in [-0.2, 0) is 0 Å². The molecule has 2 heterocycles. The number of halogens is 1. The average molecular weight is 335 g/mol. The van der Waals surface area contributed by atoms with Crippen molar-refractivity contribution < 1.29 is 14.3 Å². The molecule has 132 valence electrons. The van der Waals surface area contributed by atoms with E-state index in [-0.39, 0.29) is 24.2 Å². The molecule has 2 aliphatic rings. The van der Waals surface area contributed by atoms with E-state index >= 15 is 0 Å². The Balaban J connectivity index is 1.47. The van der Waals surface area contributed by atoms with Crippen LogP contribution in [0.1, 0.15) is 43.8 Å². The number of benzene rings is 1. The molecule has 5 nitrogen and oxygen atoms in total. The van der Waals surface area contributed by atoms with Crippen LogP contribution in [0, 0.1) is 5.82 Å². The highest BCUT2D eigenvalue weighted by atomic mass is 19.1. The van der Waals surface area contributed by atoms with Gasteiger partial charge in [-0.1, -0.05) is 24.6 Å². The molecular formula is C18H26FN3O2. The maximum absolute atomic E-state index is 13.6. The molecule has 0 spiro atoms. The molecule has 2 aliphatic heterocycles. The maximum atomic E-state index is 13.6. The summed E-state index contributed by atoms with van der Waals surface area (Å²) in [5.41, 5.74) is 0.201. The van der Waals surface area contributed by atoms with Crippen LogP contribution in [0.25, 0.3) is 0 Å². The summed E-state index contributed by atoms with van der Waals surface area (Å²) in [6.07, 6.45) is 4.55. The second kappa shape index (κ2) is 7.49. The fourth-order valence-corrected chi connectivity index (χ4v) is 4.01. The number of hydrogen-bond donors (Lipinski definition) is 3. The van der Waals surface area contributed by atoms with Crippen molar-refractivity contribution in [1.29, 1.82) is 0 Å². The minimum Gasteiger partial charge on any atom is -0.386 e. The van der Waals surface area contributed by atoms with E-state index < -0.39 is 11.9 Å². The Morgan fingerprint density at radius 3 is 2.67 bits per heavy atom. The van der Waals surface area contributed by atoms with Crippen LogP contribution in [0.15, 0.2) is 24.3 Å². The van der Waals surface area contributed by atoms with E-state index in [9.17, 15) is 14.3 Å². The molecule has 1 aromatic rings. The van der Waals surface area contributed by atoms with Gasteiger partial charge in [0, 0.05) is 30.2 Å². The zero-order chi connectivity index (χ0) is 17.1. The van der Waals surface area contributed by atoms with Crippen molar-refractivity contribution in [1.82, 2.24) is 15.5 Å². The standard InChI is InChI=1S/C18H26FN3O2/c1-22-13-5-4-6-14(22)10-12(9-13)21-18(24)20-11-17(23)15-7-2-3-8-16(15)19/h2-3,7-8,12-14,17,23H,4-6,9-11H2,1H3,(H2,20,21,24). The van der Waals surface area contributed by atoms with Gasteiger partial charge >= 0.3 is 6.03 Å². The van der Waals surface area contributed by atoms with Crippen molar-refractivity contribution in [3.63, 3.8) is 0 Å². The molecule has 2 saturated heterocycles. The number of carbonyl (C=O) groups is 1. The summed E-state index contributed by atoms with van der Waals surface area (Å²) in [6, 6.07) is 7.04. The van der Waals surface area contributed by atoms with Crippen molar-refractivity contribution in [2.24, 2.45) is 0 Å². The Morgan fingerprint density at radius 2 is 2.00 bits per heavy atom. The van der Waals surface area contributed by atoms with E-state index in [2.05, 4.69) is 22.6 Å².